The van der Waals surface area contributed by atoms with E-state index in [2.05, 4.69) is 11.5 Å². The fourth-order valence-electron chi connectivity index (χ4n) is 0.416. The Morgan fingerprint density at radius 2 is 1.71 bits per heavy atom. The number of guanidine groups is 1. The molecule has 3 unspecified atom stereocenters. The van der Waals surface area contributed by atoms with E-state index in [1.165, 1.54) is 0 Å². The molecular formula is C6H15N3O5. The number of rotatable bonds is 4. The van der Waals surface area contributed by atoms with Crippen molar-refractivity contribution in [3.63, 3.8) is 0 Å². The summed E-state index contributed by atoms with van der Waals surface area (Å²) in [6.45, 7) is -0.688. The van der Waals surface area contributed by atoms with E-state index in [0.29, 0.717) is 0 Å². The van der Waals surface area contributed by atoms with E-state index in [0.717, 1.165) is 0 Å². The number of carbonyl (C=O) groups excluding carboxylic acids is 1. The second kappa shape index (κ2) is 8.38. The summed E-state index contributed by atoms with van der Waals surface area (Å²) >= 11 is 0. The minimum atomic E-state index is -1.64. The fraction of sp³-hybridized carbons (Fsp3) is 0.667. The number of hydrogen-bond donors (Lipinski definition) is 7. The second-order valence-corrected chi connectivity index (χ2v) is 2.32. The first-order valence-corrected chi connectivity index (χ1v) is 3.56. The van der Waals surface area contributed by atoms with E-state index in [-0.39, 0.29) is 12.2 Å². The van der Waals surface area contributed by atoms with Crippen molar-refractivity contribution in [1.82, 2.24) is 0 Å². The van der Waals surface area contributed by atoms with Crippen molar-refractivity contribution in [3.8, 4) is 0 Å². The van der Waals surface area contributed by atoms with Crippen LogP contribution in [0.25, 0.3) is 0 Å². The van der Waals surface area contributed by atoms with Crippen molar-refractivity contribution in [1.29, 1.82) is 5.41 Å². The Labute approximate surface area is 80.3 Å². The Hall–Kier alpha value is -1.22. The molecule has 0 aromatic heterocycles. The molecular weight excluding hydrogens is 194 g/mol. The van der Waals surface area contributed by atoms with Crippen LogP contribution >= 0.6 is 0 Å². The number of carbonyl (C=O) groups is 1. The quantitative estimate of drug-likeness (QED) is 0.141. The van der Waals surface area contributed by atoms with Gasteiger partial charge in [0.1, 0.15) is 18.3 Å². The first kappa shape index (κ1) is 15.3. The van der Waals surface area contributed by atoms with Crippen LogP contribution in [0.2, 0.25) is 0 Å². The molecule has 0 saturated carbocycles. The highest BCUT2D eigenvalue weighted by atomic mass is 16.4. The van der Waals surface area contributed by atoms with Crippen molar-refractivity contribution < 1.29 is 25.2 Å². The molecule has 0 rings (SSSR count). The first-order valence-electron chi connectivity index (χ1n) is 3.56. The Balaban J connectivity index is 0. The van der Waals surface area contributed by atoms with Gasteiger partial charge in [-0.25, -0.2) is 0 Å². The van der Waals surface area contributed by atoms with Crippen LogP contribution in [0.3, 0.4) is 0 Å². The van der Waals surface area contributed by atoms with Gasteiger partial charge < -0.3 is 36.7 Å². The topological polar surface area (TPSA) is 174 Å². The highest BCUT2D eigenvalue weighted by Crippen LogP contribution is 1.96. The van der Waals surface area contributed by atoms with Crippen molar-refractivity contribution in [2.24, 2.45) is 11.5 Å². The number of nitrogens with one attached hydrogen (secondary N) is 1. The number of nitrogens with two attached hydrogens (primary N) is 2. The van der Waals surface area contributed by atoms with Gasteiger partial charge in [0.25, 0.3) is 0 Å². The van der Waals surface area contributed by atoms with Gasteiger partial charge in [0.05, 0.1) is 6.61 Å². The zero-order valence-electron chi connectivity index (χ0n) is 7.37. The third-order valence-electron chi connectivity index (χ3n) is 1.07. The van der Waals surface area contributed by atoms with Crippen molar-refractivity contribution in [2.75, 3.05) is 6.61 Å². The Morgan fingerprint density at radius 1 is 1.36 bits per heavy atom. The number of aldehydes is 1. The van der Waals surface area contributed by atoms with Crippen LogP contribution < -0.4 is 11.5 Å². The van der Waals surface area contributed by atoms with Crippen molar-refractivity contribution in [2.45, 2.75) is 18.3 Å². The van der Waals surface area contributed by atoms with E-state index in [9.17, 15) is 4.79 Å². The minimum absolute atomic E-state index is 0.0869. The van der Waals surface area contributed by atoms with E-state index < -0.39 is 24.9 Å². The lowest BCUT2D eigenvalue weighted by Gasteiger charge is -2.16. The molecule has 0 aliphatic carbocycles. The van der Waals surface area contributed by atoms with Gasteiger partial charge in [-0.1, -0.05) is 0 Å². The van der Waals surface area contributed by atoms with Crippen LogP contribution in [0.15, 0.2) is 0 Å². The molecule has 84 valence electrons. The van der Waals surface area contributed by atoms with E-state index in [1.807, 2.05) is 0 Å². The third kappa shape index (κ3) is 8.87. The predicted octanol–water partition coefficient (Wildman–Crippen LogP) is -3.90. The van der Waals surface area contributed by atoms with Crippen LogP contribution in [0.1, 0.15) is 0 Å². The summed E-state index contributed by atoms with van der Waals surface area (Å²) < 4.78 is 0. The van der Waals surface area contributed by atoms with Crippen LogP contribution in [0.5, 0.6) is 0 Å². The molecule has 0 fully saturated rings. The Kier molecular flexibility index (Phi) is 9.14. The van der Waals surface area contributed by atoms with Gasteiger partial charge in [-0.15, -0.1) is 0 Å². The maximum absolute atomic E-state index is 9.76. The number of hydrogen-bond acceptors (Lipinski definition) is 6. The molecule has 0 aliphatic heterocycles. The molecule has 0 amide bonds. The average Bonchev–Trinajstić information content (AvgIpc) is 2.13. The molecule has 0 saturated heterocycles. The van der Waals surface area contributed by atoms with Crippen molar-refractivity contribution >= 4 is 12.2 Å². The molecule has 0 radical (unpaired) electrons. The second-order valence-electron chi connectivity index (χ2n) is 2.32. The Morgan fingerprint density at radius 3 is 1.93 bits per heavy atom. The van der Waals surface area contributed by atoms with Gasteiger partial charge >= 0.3 is 0 Å². The smallest absolute Gasteiger partial charge is 0.183 e. The summed E-state index contributed by atoms with van der Waals surface area (Å²) in [6.07, 6.45) is -4.63. The molecule has 14 heavy (non-hydrogen) atoms. The number of aliphatic hydroxyl groups excluding tert-OH is 4. The van der Waals surface area contributed by atoms with Crippen LogP contribution in [0.4, 0.5) is 0 Å². The summed E-state index contributed by atoms with van der Waals surface area (Å²) in [7, 11) is 0. The van der Waals surface area contributed by atoms with E-state index in [1.54, 1.807) is 0 Å². The summed E-state index contributed by atoms with van der Waals surface area (Å²) in [5.74, 6) is -0.333. The lowest BCUT2D eigenvalue weighted by atomic mass is 10.1. The summed E-state index contributed by atoms with van der Waals surface area (Å²) in [4.78, 5) is 9.76. The summed E-state index contributed by atoms with van der Waals surface area (Å²) in [5, 5.41) is 40.1. The highest BCUT2D eigenvalue weighted by molar-refractivity contribution is 5.71. The third-order valence-corrected chi connectivity index (χ3v) is 1.07. The SMILES string of the molecule is N=C(N)N.O=CC(O)C(O)C(O)CO. The molecule has 0 aliphatic rings. The van der Waals surface area contributed by atoms with Gasteiger partial charge in [-0.05, 0) is 0 Å². The fourth-order valence-corrected chi connectivity index (χ4v) is 0.416. The van der Waals surface area contributed by atoms with E-state index >= 15 is 0 Å². The summed E-state index contributed by atoms with van der Waals surface area (Å²) in [6, 6.07) is 0. The lowest BCUT2D eigenvalue weighted by molar-refractivity contribution is -0.127. The van der Waals surface area contributed by atoms with Gasteiger partial charge in [0.2, 0.25) is 0 Å². The molecule has 3 atom stereocenters. The van der Waals surface area contributed by atoms with Crippen LogP contribution in [-0.2, 0) is 4.79 Å². The zero-order valence-corrected chi connectivity index (χ0v) is 7.37. The molecule has 0 heterocycles. The van der Waals surface area contributed by atoms with E-state index in [4.69, 9.17) is 25.8 Å². The predicted molar refractivity (Wildman–Crippen MR) is 47.3 cm³/mol. The normalized spacial score (nSPS) is 15.7. The molecule has 9 N–H and O–H groups in total. The standard InChI is InChI=1S/C5H10O5.CH5N3/c6-1-3(8)5(10)4(9)2-7;2-1(3)4/h1,3-5,7-10H,2H2;(H5,2,3,4). The monoisotopic (exact) mass is 209 g/mol. The van der Waals surface area contributed by atoms with Crippen LogP contribution in [-0.4, -0.2) is 57.6 Å². The molecule has 8 nitrogen and oxygen atoms in total. The zero-order chi connectivity index (χ0) is 11.7. The van der Waals surface area contributed by atoms with Crippen LogP contribution in [0, 0.1) is 5.41 Å². The molecule has 8 heteroatoms. The minimum Gasteiger partial charge on any atom is -0.394 e. The average molecular weight is 209 g/mol. The van der Waals surface area contributed by atoms with Gasteiger partial charge in [-0.2, -0.15) is 0 Å². The Bertz CT molecular complexity index is 173. The molecule has 0 bridgehead atoms. The summed E-state index contributed by atoms with van der Waals surface area (Å²) in [5.41, 5.74) is 8.94. The lowest BCUT2D eigenvalue weighted by Crippen LogP contribution is -2.40. The first-order chi connectivity index (χ1) is 6.36. The van der Waals surface area contributed by atoms with Gasteiger partial charge in [0, 0.05) is 0 Å². The van der Waals surface area contributed by atoms with Crippen molar-refractivity contribution in [3.05, 3.63) is 0 Å². The number of aliphatic hydroxyl groups is 4. The maximum atomic E-state index is 9.76. The highest BCUT2D eigenvalue weighted by Gasteiger charge is 2.22. The molecule has 0 aromatic rings. The maximum Gasteiger partial charge on any atom is 0.183 e. The largest absolute Gasteiger partial charge is 0.394 e. The van der Waals surface area contributed by atoms with Gasteiger partial charge in [0.15, 0.2) is 12.2 Å². The molecule has 0 aromatic carbocycles. The molecule has 0 spiro atoms. The van der Waals surface area contributed by atoms with Gasteiger partial charge in [-0.3, -0.25) is 5.41 Å².